The van der Waals surface area contributed by atoms with Crippen LogP contribution in [0.1, 0.15) is 50.6 Å². The summed E-state index contributed by atoms with van der Waals surface area (Å²) < 4.78 is 10.6. The van der Waals surface area contributed by atoms with Gasteiger partial charge >= 0.3 is 0 Å². The molecule has 1 aromatic heterocycles. The summed E-state index contributed by atoms with van der Waals surface area (Å²) >= 11 is 0. The lowest BCUT2D eigenvalue weighted by atomic mass is 10.1. The van der Waals surface area contributed by atoms with Gasteiger partial charge in [-0.3, -0.25) is 0 Å². The van der Waals surface area contributed by atoms with E-state index in [1.807, 2.05) is 13.8 Å². The van der Waals surface area contributed by atoms with Crippen molar-refractivity contribution in [3.8, 4) is 0 Å². The minimum absolute atomic E-state index is 0.0307. The topological polar surface area (TPSA) is 74.2 Å². The van der Waals surface area contributed by atoms with Gasteiger partial charge in [-0.15, -0.1) is 0 Å². The van der Waals surface area contributed by atoms with Gasteiger partial charge in [0, 0.05) is 7.11 Å². The fraction of sp³-hybridized carbons (Fsp3) is 0.818. The maximum absolute atomic E-state index is 5.95. The predicted molar refractivity (Wildman–Crippen MR) is 58.5 cm³/mol. The Morgan fingerprint density at radius 1 is 1.44 bits per heavy atom. The van der Waals surface area contributed by atoms with Gasteiger partial charge in [0.25, 0.3) is 0 Å². The van der Waals surface area contributed by atoms with Crippen LogP contribution in [0, 0.1) is 11.8 Å². The van der Waals surface area contributed by atoms with Crippen molar-refractivity contribution < 1.29 is 9.26 Å². The third kappa shape index (κ3) is 2.25. The molecule has 0 spiro atoms. The van der Waals surface area contributed by atoms with Gasteiger partial charge in [-0.2, -0.15) is 4.98 Å². The van der Waals surface area contributed by atoms with E-state index < -0.39 is 0 Å². The molecule has 90 valence electrons. The average molecular weight is 225 g/mol. The van der Waals surface area contributed by atoms with Gasteiger partial charge in [-0.1, -0.05) is 19.0 Å². The molecule has 0 amide bonds. The van der Waals surface area contributed by atoms with E-state index in [2.05, 4.69) is 10.1 Å². The lowest BCUT2D eigenvalue weighted by Gasteiger charge is -2.10. The smallest absolute Gasteiger partial charge is 0.243 e. The predicted octanol–water partition coefficient (Wildman–Crippen LogP) is 1.82. The van der Waals surface area contributed by atoms with Crippen LogP contribution < -0.4 is 5.73 Å². The summed E-state index contributed by atoms with van der Waals surface area (Å²) in [5.41, 5.74) is 5.95. The van der Waals surface area contributed by atoms with Crippen LogP contribution in [0.2, 0.25) is 0 Å². The second-order valence-electron chi connectivity index (χ2n) is 4.75. The van der Waals surface area contributed by atoms with Gasteiger partial charge in [0.05, 0.1) is 6.04 Å². The van der Waals surface area contributed by atoms with E-state index in [1.54, 1.807) is 7.11 Å². The van der Waals surface area contributed by atoms with Crippen LogP contribution in [-0.4, -0.2) is 17.3 Å². The van der Waals surface area contributed by atoms with Gasteiger partial charge in [-0.05, 0) is 24.7 Å². The van der Waals surface area contributed by atoms with Crippen molar-refractivity contribution in [1.29, 1.82) is 0 Å². The molecule has 5 heteroatoms. The van der Waals surface area contributed by atoms with Crippen molar-refractivity contribution in [2.75, 3.05) is 7.11 Å². The monoisotopic (exact) mass is 225 g/mol. The molecule has 1 saturated carbocycles. The molecule has 0 aliphatic heterocycles. The summed E-state index contributed by atoms with van der Waals surface area (Å²) in [4.78, 5) is 4.34. The van der Waals surface area contributed by atoms with E-state index >= 15 is 0 Å². The van der Waals surface area contributed by atoms with E-state index in [0.29, 0.717) is 17.6 Å². The zero-order valence-corrected chi connectivity index (χ0v) is 10.0. The van der Waals surface area contributed by atoms with E-state index in [9.17, 15) is 0 Å². The highest BCUT2D eigenvalue weighted by Crippen LogP contribution is 2.42. The van der Waals surface area contributed by atoms with E-state index in [0.717, 1.165) is 0 Å². The molecule has 0 bridgehead atoms. The first-order valence-corrected chi connectivity index (χ1v) is 5.75. The Morgan fingerprint density at radius 2 is 2.12 bits per heavy atom. The Morgan fingerprint density at radius 3 is 2.62 bits per heavy atom. The SMILES string of the molecule is COC(c1noc(C(N)C(C)C)n1)C1CC1. The minimum Gasteiger partial charge on any atom is -0.373 e. The van der Waals surface area contributed by atoms with Gasteiger partial charge < -0.3 is 15.0 Å². The third-order valence-corrected chi connectivity index (χ3v) is 3.02. The van der Waals surface area contributed by atoms with Crippen LogP contribution in [0.15, 0.2) is 4.52 Å². The number of methoxy groups -OCH3 is 1. The van der Waals surface area contributed by atoms with Crippen LogP contribution >= 0.6 is 0 Å². The maximum atomic E-state index is 5.95. The maximum Gasteiger partial charge on any atom is 0.243 e. The summed E-state index contributed by atoms with van der Waals surface area (Å²) in [6.07, 6.45) is 2.33. The zero-order chi connectivity index (χ0) is 11.7. The molecule has 0 aromatic carbocycles. The van der Waals surface area contributed by atoms with Gasteiger partial charge in [0.2, 0.25) is 11.7 Å². The molecule has 1 aliphatic rings. The number of rotatable bonds is 5. The lowest BCUT2D eigenvalue weighted by molar-refractivity contribution is 0.0751. The first-order chi connectivity index (χ1) is 7.63. The molecule has 5 nitrogen and oxygen atoms in total. The fourth-order valence-corrected chi connectivity index (χ4v) is 1.69. The van der Waals surface area contributed by atoms with Crippen LogP contribution in [-0.2, 0) is 4.74 Å². The Labute approximate surface area is 95.3 Å². The summed E-state index contributed by atoms with van der Waals surface area (Å²) in [5.74, 6) is 1.98. The molecule has 2 N–H and O–H groups in total. The fourth-order valence-electron chi connectivity index (χ4n) is 1.69. The molecule has 1 aliphatic carbocycles. The number of aromatic nitrogens is 2. The third-order valence-electron chi connectivity index (χ3n) is 3.02. The van der Waals surface area contributed by atoms with Crippen molar-refractivity contribution in [1.82, 2.24) is 10.1 Å². The van der Waals surface area contributed by atoms with E-state index in [4.69, 9.17) is 15.0 Å². The molecular weight excluding hydrogens is 206 g/mol. The van der Waals surface area contributed by atoms with Crippen molar-refractivity contribution in [2.24, 2.45) is 17.6 Å². The van der Waals surface area contributed by atoms with E-state index in [-0.39, 0.29) is 18.1 Å². The lowest BCUT2D eigenvalue weighted by Crippen LogP contribution is -2.17. The molecule has 0 radical (unpaired) electrons. The standard InChI is InChI=1S/C11H19N3O2/c1-6(2)8(12)11-13-10(14-16-11)9(15-3)7-4-5-7/h6-9H,4-5,12H2,1-3H3. The zero-order valence-electron chi connectivity index (χ0n) is 10.0. The summed E-state index contributed by atoms with van der Waals surface area (Å²) in [6.45, 7) is 4.06. The molecule has 2 atom stereocenters. The van der Waals surface area contributed by atoms with Crippen molar-refractivity contribution in [3.63, 3.8) is 0 Å². The second kappa shape index (κ2) is 4.51. The van der Waals surface area contributed by atoms with Crippen LogP contribution in [0.25, 0.3) is 0 Å². The van der Waals surface area contributed by atoms with Gasteiger partial charge in [0.15, 0.2) is 0 Å². The van der Waals surface area contributed by atoms with E-state index in [1.165, 1.54) is 12.8 Å². The highest BCUT2D eigenvalue weighted by Gasteiger charge is 2.36. The quantitative estimate of drug-likeness (QED) is 0.827. The molecule has 0 saturated heterocycles. The number of hydrogen-bond donors (Lipinski definition) is 1. The summed E-state index contributed by atoms with van der Waals surface area (Å²) in [7, 11) is 1.68. The normalized spacial score (nSPS) is 20.1. The van der Waals surface area contributed by atoms with Crippen molar-refractivity contribution in [2.45, 2.75) is 38.8 Å². The Kier molecular flexibility index (Phi) is 3.25. The first-order valence-electron chi connectivity index (χ1n) is 5.75. The summed E-state index contributed by atoms with van der Waals surface area (Å²) in [6, 6.07) is -0.196. The highest BCUT2D eigenvalue weighted by atomic mass is 16.5. The van der Waals surface area contributed by atoms with Gasteiger partial charge in [0.1, 0.15) is 6.10 Å². The molecular formula is C11H19N3O2. The number of nitrogens with zero attached hydrogens (tertiary/aromatic N) is 2. The molecule has 1 aromatic rings. The Balaban J connectivity index is 2.11. The highest BCUT2D eigenvalue weighted by molar-refractivity contribution is 5.00. The second-order valence-corrected chi connectivity index (χ2v) is 4.75. The Bertz CT molecular complexity index is 347. The van der Waals surface area contributed by atoms with Crippen LogP contribution in [0.3, 0.4) is 0 Å². The number of hydrogen-bond acceptors (Lipinski definition) is 5. The molecule has 2 unspecified atom stereocenters. The first kappa shape index (κ1) is 11.5. The minimum atomic E-state index is -0.196. The Hall–Kier alpha value is -0.940. The van der Waals surface area contributed by atoms with Crippen molar-refractivity contribution >= 4 is 0 Å². The number of ether oxygens (including phenoxy) is 1. The van der Waals surface area contributed by atoms with Crippen LogP contribution in [0.5, 0.6) is 0 Å². The summed E-state index contributed by atoms with van der Waals surface area (Å²) in [5, 5.41) is 3.96. The van der Waals surface area contributed by atoms with Gasteiger partial charge in [-0.25, -0.2) is 0 Å². The van der Waals surface area contributed by atoms with Crippen molar-refractivity contribution in [3.05, 3.63) is 11.7 Å². The molecule has 2 rings (SSSR count). The van der Waals surface area contributed by atoms with Crippen LogP contribution in [0.4, 0.5) is 0 Å². The number of nitrogens with two attached hydrogens (primary N) is 1. The molecule has 16 heavy (non-hydrogen) atoms. The molecule has 1 fully saturated rings. The largest absolute Gasteiger partial charge is 0.373 e. The molecule has 1 heterocycles. The average Bonchev–Trinajstić information content (AvgIpc) is 2.96.